The maximum Gasteiger partial charge on any atom is 0.181 e. The van der Waals surface area contributed by atoms with Crippen LogP contribution in [-0.4, -0.2) is 4.98 Å². The first kappa shape index (κ1) is 11.5. The number of hydrogen-bond donors (Lipinski definition) is 2. The van der Waals surface area contributed by atoms with Crippen LogP contribution >= 0.6 is 0 Å². The van der Waals surface area contributed by atoms with Crippen molar-refractivity contribution in [3.05, 3.63) is 54.2 Å². The highest BCUT2D eigenvalue weighted by Gasteiger charge is 2.06. The molecule has 1 aromatic heterocycles. The maximum atomic E-state index is 13.6. The smallest absolute Gasteiger partial charge is 0.181 e. The molecule has 4 nitrogen and oxygen atoms in total. The molecule has 0 saturated heterocycles. The number of nitrogens with zero attached hydrogens (tertiary/aromatic N) is 1. The van der Waals surface area contributed by atoms with Gasteiger partial charge in [-0.2, -0.15) is 0 Å². The number of nitrogens with one attached hydrogen (secondary N) is 1. The second-order valence-corrected chi connectivity index (χ2v) is 4.21. The molecule has 1 heterocycles. The normalized spacial score (nSPS) is 10.8. The average Bonchev–Trinajstić information content (AvgIpc) is 2.85. The molecule has 0 fully saturated rings. The van der Waals surface area contributed by atoms with Gasteiger partial charge in [-0.25, -0.2) is 9.37 Å². The lowest BCUT2D eigenvalue weighted by molar-refractivity contribution is 0.602. The van der Waals surface area contributed by atoms with E-state index in [2.05, 4.69) is 10.3 Å². The minimum absolute atomic E-state index is 0.320. The number of aromatic nitrogens is 1. The minimum Gasteiger partial charge on any atom is -0.443 e. The Kier molecular flexibility index (Phi) is 2.79. The van der Waals surface area contributed by atoms with Crippen LogP contribution in [0.5, 0.6) is 0 Å². The highest BCUT2D eigenvalue weighted by atomic mass is 19.1. The molecule has 0 aliphatic rings. The minimum atomic E-state index is -0.360. The molecule has 19 heavy (non-hydrogen) atoms. The van der Waals surface area contributed by atoms with Crippen molar-refractivity contribution in [3.63, 3.8) is 0 Å². The molecule has 0 spiro atoms. The van der Waals surface area contributed by atoms with E-state index in [0.29, 0.717) is 23.5 Å². The summed E-state index contributed by atoms with van der Waals surface area (Å²) in [5.41, 5.74) is 8.91. The van der Waals surface area contributed by atoms with Crippen molar-refractivity contribution in [1.82, 2.24) is 4.98 Å². The van der Waals surface area contributed by atoms with Gasteiger partial charge in [0.1, 0.15) is 11.3 Å². The van der Waals surface area contributed by atoms with Gasteiger partial charge < -0.3 is 15.5 Å². The van der Waals surface area contributed by atoms with E-state index in [1.165, 1.54) is 12.5 Å². The predicted molar refractivity (Wildman–Crippen MR) is 72.1 cm³/mol. The topological polar surface area (TPSA) is 64.1 Å². The fraction of sp³-hybridized carbons (Fsp3) is 0.0714. The summed E-state index contributed by atoms with van der Waals surface area (Å²) in [4.78, 5) is 4.04. The number of oxazole rings is 1. The van der Waals surface area contributed by atoms with Gasteiger partial charge in [-0.1, -0.05) is 12.1 Å². The van der Waals surface area contributed by atoms with E-state index in [4.69, 9.17) is 10.2 Å². The monoisotopic (exact) mass is 257 g/mol. The van der Waals surface area contributed by atoms with Gasteiger partial charge in [0.15, 0.2) is 12.0 Å². The van der Waals surface area contributed by atoms with Crippen LogP contribution < -0.4 is 11.1 Å². The van der Waals surface area contributed by atoms with E-state index in [0.717, 1.165) is 11.1 Å². The molecular formula is C14H12FN3O. The molecule has 0 saturated carbocycles. The summed E-state index contributed by atoms with van der Waals surface area (Å²) in [5, 5.41) is 2.99. The van der Waals surface area contributed by atoms with E-state index in [-0.39, 0.29) is 5.82 Å². The van der Waals surface area contributed by atoms with E-state index in [1.54, 1.807) is 12.1 Å². The Balaban J connectivity index is 1.82. The zero-order valence-corrected chi connectivity index (χ0v) is 10.1. The number of hydrogen-bond acceptors (Lipinski definition) is 4. The van der Waals surface area contributed by atoms with Crippen LogP contribution in [0.3, 0.4) is 0 Å². The number of fused-ring (bicyclic) bond motifs is 1. The number of benzene rings is 2. The first-order valence-electron chi connectivity index (χ1n) is 5.84. The molecule has 3 rings (SSSR count). The van der Waals surface area contributed by atoms with Gasteiger partial charge in [0.05, 0.1) is 11.4 Å². The van der Waals surface area contributed by atoms with E-state index >= 15 is 0 Å². The van der Waals surface area contributed by atoms with Gasteiger partial charge in [-0.05, 0) is 29.8 Å². The zero-order chi connectivity index (χ0) is 13.2. The summed E-state index contributed by atoms with van der Waals surface area (Å²) in [7, 11) is 0. The number of nitrogen functional groups attached to an aromatic ring is 1. The van der Waals surface area contributed by atoms with Crippen LogP contribution in [0.15, 0.2) is 47.2 Å². The number of halogens is 1. The first-order valence-corrected chi connectivity index (χ1v) is 5.84. The van der Waals surface area contributed by atoms with Gasteiger partial charge in [0, 0.05) is 6.54 Å². The Bertz CT molecular complexity index is 703. The highest BCUT2D eigenvalue weighted by molar-refractivity contribution is 5.73. The lowest BCUT2D eigenvalue weighted by Crippen LogP contribution is -2.04. The molecule has 96 valence electrons. The van der Waals surface area contributed by atoms with Gasteiger partial charge in [-0.15, -0.1) is 0 Å². The van der Waals surface area contributed by atoms with Crippen LogP contribution in [0.25, 0.3) is 11.1 Å². The summed E-state index contributed by atoms with van der Waals surface area (Å²) < 4.78 is 18.8. The fourth-order valence-electron chi connectivity index (χ4n) is 1.93. The van der Waals surface area contributed by atoms with Gasteiger partial charge in [0.25, 0.3) is 0 Å². The number of rotatable bonds is 3. The zero-order valence-electron chi connectivity index (χ0n) is 10.1. The number of para-hydroxylation sites is 1. The predicted octanol–water partition coefficient (Wildman–Crippen LogP) is 3.16. The third-order valence-electron chi connectivity index (χ3n) is 2.91. The summed E-state index contributed by atoms with van der Waals surface area (Å²) in [5.74, 6) is -0.360. The first-order chi connectivity index (χ1) is 9.24. The third-order valence-corrected chi connectivity index (χ3v) is 2.91. The van der Waals surface area contributed by atoms with E-state index in [9.17, 15) is 4.39 Å². The molecule has 5 heteroatoms. The van der Waals surface area contributed by atoms with Crippen molar-refractivity contribution in [2.24, 2.45) is 0 Å². The fourth-order valence-corrected chi connectivity index (χ4v) is 1.93. The number of nitrogens with two attached hydrogens (primary N) is 1. The van der Waals surface area contributed by atoms with Crippen molar-refractivity contribution in [1.29, 1.82) is 0 Å². The van der Waals surface area contributed by atoms with E-state index in [1.807, 2.05) is 18.2 Å². The Hall–Kier alpha value is -2.56. The van der Waals surface area contributed by atoms with Gasteiger partial charge >= 0.3 is 0 Å². The summed E-state index contributed by atoms with van der Waals surface area (Å²) in [6.07, 6.45) is 1.40. The largest absolute Gasteiger partial charge is 0.443 e. The second-order valence-electron chi connectivity index (χ2n) is 4.21. The van der Waals surface area contributed by atoms with Gasteiger partial charge in [-0.3, -0.25) is 0 Å². The van der Waals surface area contributed by atoms with Crippen molar-refractivity contribution in [2.45, 2.75) is 6.54 Å². The molecular weight excluding hydrogens is 245 g/mol. The van der Waals surface area contributed by atoms with E-state index < -0.39 is 0 Å². The molecule has 0 unspecified atom stereocenters. The standard InChI is InChI=1S/C14H12FN3O/c15-10-2-1-3-11(16)14(10)17-7-9-4-5-12-13(6-9)19-8-18-12/h1-6,8,17H,7,16H2. The molecule has 2 aromatic carbocycles. The van der Waals surface area contributed by atoms with Crippen LogP contribution in [0.4, 0.5) is 15.8 Å². The summed E-state index contributed by atoms with van der Waals surface area (Å²) in [6.45, 7) is 0.460. The summed E-state index contributed by atoms with van der Waals surface area (Å²) >= 11 is 0. The Labute approximate surface area is 109 Å². The molecule has 3 aromatic rings. The number of anilines is 2. The molecule has 0 bridgehead atoms. The van der Waals surface area contributed by atoms with Crippen LogP contribution in [0.1, 0.15) is 5.56 Å². The molecule has 0 atom stereocenters. The van der Waals surface area contributed by atoms with Crippen molar-refractivity contribution >= 4 is 22.5 Å². The van der Waals surface area contributed by atoms with Crippen LogP contribution in [-0.2, 0) is 6.54 Å². The van der Waals surface area contributed by atoms with Crippen LogP contribution in [0, 0.1) is 5.82 Å². The van der Waals surface area contributed by atoms with Crippen molar-refractivity contribution < 1.29 is 8.81 Å². The Morgan fingerprint density at radius 1 is 1.26 bits per heavy atom. The second kappa shape index (κ2) is 4.61. The summed E-state index contributed by atoms with van der Waals surface area (Å²) in [6, 6.07) is 10.3. The molecule has 0 radical (unpaired) electrons. The quantitative estimate of drug-likeness (QED) is 0.707. The third kappa shape index (κ3) is 2.22. The van der Waals surface area contributed by atoms with Crippen molar-refractivity contribution in [2.75, 3.05) is 11.1 Å². The Morgan fingerprint density at radius 2 is 2.16 bits per heavy atom. The molecule has 3 N–H and O–H groups in total. The molecule has 0 aliphatic heterocycles. The SMILES string of the molecule is Nc1cccc(F)c1NCc1ccc2ncoc2c1. The maximum absolute atomic E-state index is 13.6. The molecule has 0 aliphatic carbocycles. The van der Waals surface area contributed by atoms with Gasteiger partial charge in [0.2, 0.25) is 0 Å². The lowest BCUT2D eigenvalue weighted by atomic mass is 10.2. The Morgan fingerprint density at radius 3 is 3.00 bits per heavy atom. The van der Waals surface area contributed by atoms with Crippen molar-refractivity contribution in [3.8, 4) is 0 Å². The lowest BCUT2D eigenvalue weighted by Gasteiger charge is -2.10. The average molecular weight is 257 g/mol. The molecule has 0 amide bonds. The highest BCUT2D eigenvalue weighted by Crippen LogP contribution is 2.23. The van der Waals surface area contributed by atoms with Crippen LogP contribution in [0.2, 0.25) is 0 Å².